The van der Waals surface area contributed by atoms with Crippen LogP contribution in [0.25, 0.3) is 0 Å². The molecule has 4 N–H and O–H groups in total. The summed E-state index contributed by atoms with van der Waals surface area (Å²) >= 11 is 0. The molecule has 3 rings (SSSR count). The van der Waals surface area contributed by atoms with E-state index in [9.17, 15) is 14.3 Å². The Bertz CT molecular complexity index is 854. The lowest BCUT2D eigenvalue weighted by molar-refractivity contribution is -0.128. The van der Waals surface area contributed by atoms with Crippen molar-refractivity contribution in [2.75, 3.05) is 16.0 Å². The van der Waals surface area contributed by atoms with Gasteiger partial charge in [-0.15, -0.1) is 0 Å². The second-order valence-corrected chi connectivity index (χ2v) is 7.64. The molecular formula is C20H26FN5O2. The van der Waals surface area contributed by atoms with Crippen molar-refractivity contribution in [3.8, 4) is 0 Å². The summed E-state index contributed by atoms with van der Waals surface area (Å²) in [5.41, 5.74) is 1.05. The highest BCUT2D eigenvalue weighted by molar-refractivity contribution is 5.96. The lowest BCUT2D eigenvalue weighted by Crippen LogP contribution is -2.39. The average molecular weight is 387 g/mol. The molecule has 1 saturated carbocycles. The molecule has 1 amide bonds. The number of hydrogen-bond acceptors (Lipinski definition) is 6. The van der Waals surface area contributed by atoms with Gasteiger partial charge in [-0.1, -0.05) is 19.4 Å². The molecule has 1 heterocycles. The Morgan fingerprint density at radius 3 is 2.64 bits per heavy atom. The number of aromatic nitrogens is 2. The molecule has 28 heavy (non-hydrogen) atoms. The van der Waals surface area contributed by atoms with Crippen molar-refractivity contribution in [3.05, 3.63) is 36.3 Å². The Balaban J connectivity index is 1.71. The summed E-state index contributed by atoms with van der Waals surface area (Å²) in [5, 5.41) is 18.4. The summed E-state index contributed by atoms with van der Waals surface area (Å²) in [5.74, 6) is -0.371. The number of nitrogens with zero attached hydrogens (tertiary/aromatic N) is 2. The molecule has 0 radical (unpaired) electrons. The lowest BCUT2D eigenvalue weighted by atomic mass is 9.70. The normalized spacial score (nSPS) is 17.2. The molecule has 0 spiro atoms. The van der Waals surface area contributed by atoms with Crippen LogP contribution in [0.3, 0.4) is 0 Å². The van der Waals surface area contributed by atoms with Crippen LogP contribution in [-0.4, -0.2) is 33.1 Å². The average Bonchev–Trinajstić information content (AvgIpc) is 2.62. The van der Waals surface area contributed by atoms with Crippen LogP contribution in [0.15, 0.2) is 30.5 Å². The number of benzene rings is 1. The maximum absolute atomic E-state index is 13.9. The van der Waals surface area contributed by atoms with Crippen LogP contribution in [0, 0.1) is 11.2 Å². The molecule has 150 valence electrons. The zero-order chi connectivity index (χ0) is 20.3. The topological polar surface area (TPSA) is 99.2 Å². The molecule has 2 atom stereocenters. The van der Waals surface area contributed by atoms with E-state index in [2.05, 4.69) is 25.9 Å². The summed E-state index contributed by atoms with van der Waals surface area (Å²) in [6.45, 7) is 5.32. The molecule has 1 aromatic heterocycles. The van der Waals surface area contributed by atoms with Gasteiger partial charge in [0.05, 0.1) is 18.3 Å². The van der Waals surface area contributed by atoms with Gasteiger partial charge in [0.1, 0.15) is 0 Å². The number of carbonyl (C=O) groups is 1. The summed E-state index contributed by atoms with van der Waals surface area (Å²) in [6.07, 6.45) is 3.29. The van der Waals surface area contributed by atoms with Crippen LogP contribution in [0.2, 0.25) is 0 Å². The smallest absolute Gasteiger partial charge is 0.230 e. The number of anilines is 4. The van der Waals surface area contributed by atoms with Gasteiger partial charge >= 0.3 is 0 Å². The summed E-state index contributed by atoms with van der Waals surface area (Å²) in [4.78, 5) is 20.5. The third-order valence-corrected chi connectivity index (χ3v) is 5.21. The van der Waals surface area contributed by atoms with Crippen LogP contribution in [-0.2, 0) is 4.79 Å². The number of halogens is 1. The fourth-order valence-corrected chi connectivity index (χ4v) is 2.88. The molecule has 7 nitrogen and oxygen atoms in total. The Morgan fingerprint density at radius 1 is 1.29 bits per heavy atom. The molecule has 2 aromatic rings. The zero-order valence-corrected chi connectivity index (χ0v) is 16.3. The first-order valence-corrected chi connectivity index (χ1v) is 9.42. The standard InChI is InChI=1S/C20H26FN5O2/c1-12(13(2)27)23-17-16(21)11-22-19(26-17)25-15-7-4-6-14(10-15)24-18(28)20(3)8-5-9-20/h4,6-7,10-13,27H,5,8-9H2,1-3H3,(H,24,28)(H2,22,23,25,26)/t12-,13-/m0/s1. The van der Waals surface area contributed by atoms with Crippen molar-refractivity contribution in [3.63, 3.8) is 0 Å². The van der Waals surface area contributed by atoms with E-state index in [1.54, 1.807) is 32.0 Å². The van der Waals surface area contributed by atoms with E-state index in [0.29, 0.717) is 11.4 Å². The van der Waals surface area contributed by atoms with Crippen LogP contribution < -0.4 is 16.0 Å². The van der Waals surface area contributed by atoms with Crippen LogP contribution >= 0.6 is 0 Å². The van der Waals surface area contributed by atoms with Gasteiger partial charge in [0.25, 0.3) is 0 Å². The minimum absolute atomic E-state index is 0.00765. The van der Waals surface area contributed by atoms with E-state index < -0.39 is 11.9 Å². The number of rotatable bonds is 7. The highest BCUT2D eigenvalue weighted by atomic mass is 19.1. The van der Waals surface area contributed by atoms with Crippen molar-refractivity contribution >= 4 is 29.0 Å². The minimum Gasteiger partial charge on any atom is -0.391 e. The molecule has 1 fully saturated rings. The van der Waals surface area contributed by atoms with Gasteiger partial charge in [0.2, 0.25) is 11.9 Å². The van der Waals surface area contributed by atoms with Gasteiger partial charge in [-0.25, -0.2) is 9.37 Å². The van der Waals surface area contributed by atoms with Gasteiger partial charge in [-0.3, -0.25) is 4.79 Å². The molecule has 0 bridgehead atoms. The summed E-state index contributed by atoms with van der Waals surface area (Å²) < 4.78 is 13.9. The number of nitrogens with one attached hydrogen (secondary N) is 3. The van der Waals surface area contributed by atoms with Crippen molar-refractivity contribution in [2.24, 2.45) is 5.41 Å². The summed E-state index contributed by atoms with van der Waals surface area (Å²) in [6, 6.07) is 6.83. The molecule has 0 aliphatic heterocycles. The highest BCUT2D eigenvalue weighted by Gasteiger charge is 2.39. The fourth-order valence-electron chi connectivity index (χ4n) is 2.88. The SMILES string of the molecule is C[C@H](O)[C@H](C)Nc1nc(Nc2cccc(NC(=O)C3(C)CCC3)c2)ncc1F. The lowest BCUT2D eigenvalue weighted by Gasteiger charge is -2.36. The van der Waals surface area contributed by atoms with E-state index >= 15 is 0 Å². The molecule has 0 saturated heterocycles. The first-order chi connectivity index (χ1) is 13.3. The Kier molecular flexibility index (Phi) is 5.79. The van der Waals surface area contributed by atoms with Gasteiger partial charge in [0, 0.05) is 16.8 Å². The van der Waals surface area contributed by atoms with E-state index in [1.165, 1.54) is 0 Å². The fraction of sp³-hybridized carbons (Fsp3) is 0.450. The zero-order valence-electron chi connectivity index (χ0n) is 16.3. The third kappa shape index (κ3) is 4.56. The van der Waals surface area contributed by atoms with Crippen LogP contribution in [0.4, 0.5) is 27.5 Å². The van der Waals surface area contributed by atoms with E-state index in [4.69, 9.17) is 0 Å². The predicted octanol–water partition coefficient (Wildman–Crippen LogP) is 3.67. The molecule has 8 heteroatoms. The van der Waals surface area contributed by atoms with E-state index in [0.717, 1.165) is 25.5 Å². The van der Waals surface area contributed by atoms with Gasteiger partial charge in [-0.05, 0) is 44.9 Å². The van der Waals surface area contributed by atoms with Crippen molar-refractivity contribution in [1.82, 2.24) is 9.97 Å². The largest absolute Gasteiger partial charge is 0.391 e. The van der Waals surface area contributed by atoms with Gasteiger partial charge < -0.3 is 21.1 Å². The number of hydrogen-bond donors (Lipinski definition) is 4. The van der Waals surface area contributed by atoms with Gasteiger partial charge in [-0.2, -0.15) is 4.98 Å². The van der Waals surface area contributed by atoms with E-state index in [-0.39, 0.29) is 29.1 Å². The van der Waals surface area contributed by atoms with Crippen LogP contribution in [0.5, 0.6) is 0 Å². The number of aliphatic hydroxyl groups excluding tert-OH is 1. The van der Waals surface area contributed by atoms with Crippen LogP contribution in [0.1, 0.15) is 40.0 Å². The Labute approximate surface area is 163 Å². The van der Waals surface area contributed by atoms with E-state index in [1.807, 2.05) is 13.0 Å². The van der Waals surface area contributed by atoms with Crippen molar-refractivity contribution < 1.29 is 14.3 Å². The van der Waals surface area contributed by atoms with Crippen molar-refractivity contribution in [1.29, 1.82) is 0 Å². The van der Waals surface area contributed by atoms with Crippen molar-refractivity contribution in [2.45, 2.75) is 52.2 Å². The molecular weight excluding hydrogens is 361 g/mol. The number of amides is 1. The monoisotopic (exact) mass is 387 g/mol. The number of carbonyl (C=O) groups excluding carboxylic acids is 1. The second-order valence-electron chi connectivity index (χ2n) is 7.64. The predicted molar refractivity (Wildman–Crippen MR) is 107 cm³/mol. The molecule has 0 unspecified atom stereocenters. The third-order valence-electron chi connectivity index (χ3n) is 5.21. The maximum atomic E-state index is 13.9. The first-order valence-electron chi connectivity index (χ1n) is 9.42. The quantitative estimate of drug-likeness (QED) is 0.579. The Hall–Kier alpha value is -2.74. The first kappa shape index (κ1) is 20.0. The minimum atomic E-state index is -0.663. The maximum Gasteiger partial charge on any atom is 0.230 e. The molecule has 1 aromatic carbocycles. The molecule has 1 aliphatic carbocycles. The highest BCUT2D eigenvalue weighted by Crippen LogP contribution is 2.41. The summed E-state index contributed by atoms with van der Waals surface area (Å²) in [7, 11) is 0. The Morgan fingerprint density at radius 2 is 2.00 bits per heavy atom. The van der Waals surface area contributed by atoms with Gasteiger partial charge in [0.15, 0.2) is 11.6 Å². The molecule has 1 aliphatic rings. The second kappa shape index (κ2) is 8.10. The number of aliphatic hydroxyl groups is 1.